The second-order valence-corrected chi connectivity index (χ2v) is 9.74. The van der Waals surface area contributed by atoms with Gasteiger partial charge in [0, 0.05) is 4.88 Å². The van der Waals surface area contributed by atoms with Gasteiger partial charge in [0.05, 0.1) is 12.7 Å². The van der Waals surface area contributed by atoms with Crippen molar-refractivity contribution in [2.24, 2.45) is 5.92 Å². The van der Waals surface area contributed by atoms with Crippen LogP contribution in [-0.2, 0) is 27.8 Å². The van der Waals surface area contributed by atoms with Crippen LogP contribution in [0.5, 0.6) is 5.75 Å². The van der Waals surface area contributed by atoms with E-state index < -0.39 is 5.97 Å². The molecule has 1 heterocycles. The number of carbonyl (C=O) groups is 2. The molecule has 1 aliphatic rings. The predicted molar refractivity (Wildman–Crippen MR) is 116 cm³/mol. The summed E-state index contributed by atoms with van der Waals surface area (Å²) in [6.07, 6.45) is 2.80. The Hall–Kier alpha value is -2.34. The molecule has 5 nitrogen and oxygen atoms in total. The van der Waals surface area contributed by atoms with Gasteiger partial charge in [-0.15, -0.1) is 11.3 Å². The van der Waals surface area contributed by atoms with Crippen LogP contribution in [0.3, 0.4) is 0 Å². The molecule has 156 valence electrons. The fraction of sp³-hybridized carbons (Fsp3) is 0.478. The Morgan fingerprint density at radius 1 is 1.24 bits per heavy atom. The van der Waals surface area contributed by atoms with Crippen molar-refractivity contribution < 1.29 is 19.1 Å². The molecular formula is C23H29NO4S. The lowest BCUT2D eigenvalue weighted by Gasteiger charge is -2.22. The van der Waals surface area contributed by atoms with E-state index in [4.69, 9.17) is 9.47 Å². The van der Waals surface area contributed by atoms with Gasteiger partial charge in [0.25, 0.3) is 5.91 Å². The van der Waals surface area contributed by atoms with Crippen molar-refractivity contribution in [1.82, 2.24) is 0 Å². The molecule has 1 unspecified atom stereocenters. The Morgan fingerprint density at radius 3 is 2.66 bits per heavy atom. The van der Waals surface area contributed by atoms with Crippen LogP contribution < -0.4 is 10.1 Å². The predicted octanol–water partition coefficient (Wildman–Crippen LogP) is 4.97. The molecule has 29 heavy (non-hydrogen) atoms. The number of hydrogen-bond donors (Lipinski definition) is 1. The summed E-state index contributed by atoms with van der Waals surface area (Å²) >= 11 is 1.48. The van der Waals surface area contributed by atoms with E-state index in [1.54, 1.807) is 0 Å². The zero-order valence-corrected chi connectivity index (χ0v) is 18.6. The molecule has 3 rings (SSSR count). The van der Waals surface area contributed by atoms with Gasteiger partial charge in [-0.1, -0.05) is 45.9 Å². The lowest BCUT2D eigenvalue weighted by molar-refractivity contribution is -0.118. The number of fused-ring (bicyclic) bond motifs is 1. The molecule has 1 aliphatic carbocycles. The molecule has 2 aromatic rings. The van der Waals surface area contributed by atoms with Crippen LogP contribution in [0.2, 0.25) is 0 Å². The van der Waals surface area contributed by atoms with Gasteiger partial charge in [0.15, 0.2) is 6.61 Å². The number of esters is 1. The quantitative estimate of drug-likeness (QED) is 0.700. The maximum Gasteiger partial charge on any atom is 0.341 e. The van der Waals surface area contributed by atoms with Gasteiger partial charge in [-0.2, -0.15) is 0 Å². The number of carbonyl (C=O) groups excluding carboxylic acids is 2. The molecule has 0 spiro atoms. The van der Waals surface area contributed by atoms with E-state index in [0.717, 1.165) is 30.4 Å². The highest BCUT2D eigenvalue weighted by molar-refractivity contribution is 7.17. The van der Waals surface area contributed by atoms with Gasteiger partial charge in [-0.25, -0.2) is 4.79 Å². The molecule has 1 atom stereocenters. The molecule has 1 N–H and O–H groups in total. The van der Waals surface area contributed by atoms with E-state index in [2.05, 4.69) is 33.0 Å². The molecule has 0 radical (unpaired) electrons. The minimum atomic E-state index is -0.397. The second-order valence-electron chi connectivity index (χ2n) is 8.63. The number of amides is 1. The first kappa shape index (κ1) is 21.4. The number of ether oxygens (including phenoxy) is 2. The molecule has 0 bridgehead atoms. The number of hydrogen-bond acceptors (Lipinski definition) is 5. The van der Waals surface area contributed by atoms with Crippen molar-refractivity contribution in [2.45, 2.75) is 52.4 Å². The van der Waals surface area contributed by atoms with Crippen molar-refractivity contribution >= 4 is 28.2 Å². The van der Waals surface area contributed by atoms with Crippen molar-refractivity contribution in [2.75, 3.05) is 19.0 Å². The molecule has 1 amide bonds. The maximum absolute atomic E-state index is 12.6. The molecule has 6 heteroatoms. The van der Waals surface area contributed by atoms with Gasteiger partial charge >= 0.3 is 5.97 Å². The average molecular weight is 416 g/mol. The van der Waals surface area contributed by atoms with Crippen LogP contribution in [-0.4, -0.2) is 25.6 Å². The van der Waals surface area contributed by atoms with Crippen molar-refractivity contribution in [1.29, 1.82) is 0 Å². The summed E-state index contributed by atoms with van der Waals surface area (Å²) in [5, 5.41) is 3.44. The number of benzene rings is 1. The molecule has 0 aliphatic heterocycles. The lowest BCUT2D eigenvalue weighted by atomic mass is 9.86. The molecular weight excluding hydrogens is 386 g/mol. The van der Waals surface area contributed by atoms with E-state index in [9.17, 15) is 9.59 Å². The standard InChI is InChI=1S/C23H29NO4S/c1-14-10-11-15-18(12-14)29-21(20(15)22(26)27-5)24-19(25)13-28-17-9-7-6-8-16(17)23(2,3)4/h6-9,14H,10-13H2,1-5H3,(H,24,25). The highest BCUT2D eigenvalue weighted by atomic mass is 32.1. The van der Waals surface area contributed by atoms with Gasteiger partial charge in [0.2, 0.25) is 0 Å². The largest absolute Gasteiger partial charge is 0.483 e. The third-order valence-corrected chi connectivity index (χ3v) is 6.38. The summed E-state index contributed by atoms with van der Waals surface area (Å²) in [6, 6.07) is 7.75. The van der Waals surface area contributed by atoms with Crippen molar-refractivity contribution in [3.63, 3.8) is 0 Å². The van der Waals surface area contributed by atoms with Crippen LogP contribution >= 0.6 is 11.3 Å². The number of methoxy groups -OCH3 is 1. The third kappa shape index (κ3) is 4.81. The number of rotatable bonds is 5. The number of thiophene rings is 1. The molecule has 0 fully saturated rings. The first-order valence-corrected chi connectivity index (χ1v) is 10.8. The Balaban J connectivity index is 1.76. The Kier molecular flexibility index (Phi) is 6.32. The van der Waals surface area contributed by atoms with E-state index in [-0.39, 0.29) is 17.9 Å². The van der Waals surface area contributed by atoms with Crippen LogP contribution in [0, 0.1) is 5.92 Å². The zero-order chi connectivity index (χ0) is 21.2. The minimum absolute atomic E-state index is 0.0887. The third-order valence-electron chi connectivity index (χ3n) is 5.21. The monoisotopic (exact) mass is 415 g/mol. The van der Waals surface area contributed by atoms with Crippen LogP contribution in [0.15, 0.2) is 24.3 Å². The van der Waals surface area contributed by atoms with Crippen molar-refractivity contribution in [3.8, 4) is 5.75 Å². The number of para-hydroxylation sites is 1. The second kappa shape index (κ2) is 8.57. The Labute approximate surface area is 176 Å². The summed E-state index contributed by atoms with van der Waals surface area (Å²) in [5.41, 5.74) is 2.48. The molecule has 1 aromatic heterocycles. The molecule has 0 saturated heterocycles. The summed E-state index contributed by atoms with van der Waals surface area (Å²) in [5.74, 6) is 0.590. The van der Waals surface area contributed by atoms with E-state index in [1.165, 1.54) is 23.3 Å². The van der Waals surface area contributed by atoms with E-state index in [1.807, 2.05) is 24.3 Å². The SMILES string of the molecule is COC(=O)c1c(NC(=O)COc2ccccc2C(C)(C)C)sc2c1CCC(C)C2. The van der Waals surface area contributed by atoms with Gasteiger partial charge in [-0.05, 0) is 47.8 Å². The normalized spacial score (nSPS) is 16.1. The topological polar surface area (TPSA) is 64.6 Å². The smallest absolute Gasteiger partial charge is 0.341 e. The summed E-state index contributed by atoms with van der Waals surface area (Å²) in [4.78, 5) is 26.1. The fourth-order valence-electron chi connectivity index (χ4n) is 3.67. The van der Waals surface area contributed by atoms with Crippen LogP contribution in [0.25, 0.3) is 0 Å². The highest BCUT2D eigenvalue weighted by Crippen LogP contribution is 2.40. The maximum atomic E-state index is 12.6. The minimum Gasteiger partial charge on any atom is -0.483 e. The first-order chi connectivity index (χ1) is 13.7. The molecule has 1 aromatic carbocycles. The van der Waals surface area contributed by atoms with Crippen LogP contribution in [0.1, 0.15) is 60.5 Å². The van der Waals surface area contributed by atoms with E-state index >= 15 is 0 Å². The number of nitrogens with one attached hydrogen (secondary N) is 1. The zero-order valence-electron chi connectivity index (χ0n) is 17.8. The Bertz CT molecular complexity index is 910. The van der Waals surface area contributed by atoms with Gasteiger partial charge < -0.3 is 14.8 Å². The summed E-state index contributed by atoms with van der Waals surface area (Å²) < 4.78 is 10.8. The van der Waals surface area contributed by atoms with Gasteiger partial charge in [0.1, 0.15) is 10.8 Å². The first-order valence-electron chi connectivity index (χ1n) is 9.95. The lowest BCUT2D eigenvalue weighted by Crippen LogP contribution is -2.22. The summed E-state index contributed by atoms with van der Waals surface area (Å²) in [7, 11) is 1.37. The Morgan fingerprint density at radius 2 is 1.97 bits per heavy atom. The fourth-order valence-corrected chi connectivity index (χ4v) is 5.09. The van der Waals surface area contributed by atoms with E-state index in [0.29, 0.717) is 22.2 Å². The number of anilines is 1. The van der Waals surface area contributed by atoms with Crippen molar-refractivity contribution in [3.05, 3.63) is 45.8 Å². The van der Waals surface area contributed by atoms with Gasteiger partial charge in [-0.3, -0.25) is 4.79 Å². The molecule has 0 saturated carbocycles. The average Bonchev–Trinajstić information content (AvgIpc) is 3.02. The van der Waals surface area contributed by atoms with Crippen LogP contribution in [0.4, 0.5) is 5.00 Å². The highest BCUT2D eigenvalue weighted by Gasteiger charge is 2.29. The summed E-state index contributed by atoms with van der Waals surface area (Å²) in [6.45, 7) is 8.41.